The van der Waals surface area contributed by atoms with E-state index >= 15 is 0 Å². The molecule has 0 unspecified atom stereocenters. The van der Waals surface area contributed by atoms with Crippen LogP contribution < -0.4 is 0 Å². The number of hydrogen-bond donors (Lipinski definition) is 0. The summed E-state index contributed by atoms with van der Waals surface area (Å²) in [6.45, 7) is 0. The standard InChI is InChI=1S/C18H10F2N2/c19-14-5-1-3-12(9-14)16-7-8-17(22-18(16)11-21)13-4-2-6-15(20)10-13/h1-10H. The molecule has 0 saturated carbocycles. The number of nitriles is 1. The van der Waals surface area contributed by atoms with Crippen LogP contribution in [0.25, 0.3) is 22.4 Å². The minimum absolute atomic E-state index is 0.173. The molecular formula is C18H10F2N2. The second-order valence-corrected chi connectivity index (χ2v) is 4.73. The van der Waals surface area contributed by atoms with Gasteiger partial charge in [0.15, 0.2) is 0 Å². The van der Waals surface area contributed by atoms with E-state index in [1.165, 1.54) is 24.3 Å². The highest BCUT2D eigenvalue weighted by molar-refractivity contribution is 5.72. The van der Waals surface area contributed by atoms with E-state index in [2.05, 4.69) is 4.98 Å². The average Bonchev–Trinajstić information content (AvgIpc) is 2.54. The number of benzene rings is 2. The van der Waals surface area contributed by atoms with E-state index in [0.717, 1.165) is 0 Å². The van der Waals surface area contributed by atoms with Crippen LogP contribution in [0.2, 0.25) is 0 Å². The van der Waals surface area contributed by atoms with Crippen LogP contribution in [0.5, 0.6) is 0 Å². The smallest absolute Gasteiger partial charge is 0.148 e. The first-order valence-electron chi connectivity index (χ1n) is 6.60. The number of aromatic nitrogens is 1. The van der Waals surface area contributed by atoms with Crippen molar-refractivity contribution in [2.24, 2.45) is 0 Å². The van der Waals surface area contributed by atoms with E-state index in [1.54, 1.807) is 36.4 Å². The number of nitrogens with zero attached hydrogens (tertiary/aromatic N) is 2. The molecule has 1 heterocycles. The van der Waals surface area contributed by atoms with E-state index < -0.39 is 0 Å². The average molecular weight is 292 g/mol. The summed E-state index contributed by atoms with van der Waals surface area (Å²) in [5, 5.41) is 9.29. The lowest BCUT2D eigenvalue weighted by Crippen LogP contribution is -1.93. The molecule has 2 aromatic carbocycles. The first kappa shape index (κ1) is 13.9. The normalized spacial score (nSPS) is 10.2. The van der Waals surface area contributed by atoms with Gasteiger partial charge in [-0.25, -0.2) is 13.8 Å². The van der Waals surface area contributed by atoms with Crippen LogP contribution in [0.15, 0.2) is 60.7 Å². The molecule has 106 valence electrons. The van der Waals surface area contributed by atoms with Crippen molar-refractivity contribution in [2.45, 2.75) is 0 Å². The SMILES string of the molecule is N#Cc1nc(-c2cccc(F)c2)ccc1-c1cccc(F)c1. The predicted molar refractivity (Wildman–Crippen MR) is 79.7 cm³/mol. The maximum absolute atomic E-state index is 13.3. The Hall–Kier alpha value is -3.06. The van der Waals surface area contributed by atoms with Gasteiger partial charge in [-0.3, -0.25) is 0 Å². The fraction of sp³-hybridized carbons (Fsp3) is 0. The lowest BCUT2D eigenvalue weighted by atomic mass is 10.0. The maximum Gasteiger partial charge on any atom is 0.148 e. The highest BCUT2D eigenvalue weighted by Gasteiger charge is 2.10. The maximum atomic E-state index is 13.3. The molecule has 22 heavy (non-hydrogen) atoms. The van der Waals surface area contributed by atoms with Crippen LogP contribution >= 0.6 is 0 Å². The summed E-state index contributed by atoms with van der Waals surface area (Å²) in [6, 6.07) is 17.4. The Morgan fingerprint density at radius 3 is 2.09 bits per heavy atom. The van der Waals surface area contributed by atoms with Crippen molar-refractivity contribution in [3.05, 3.63) is 78.0 Å². The largest absolute Gasteiger partial charge is 0.236 e. The van der Waals surface area contributed by atoms with Crippen LogP contribution in [0, 0.1) is 23.0 Å². The highest BCUT2D eigenvalue weighted by atomic mass is 19.1. The Balaban J connectivity index is 2.11. The van der Waals surface area contributed by atoms with Crippen molar-refractivity contribution in [3.8, 4) is 28.5 Å². The van der Waals surface area contributed by atoms with Gasteiger partial charge in [-0.1, -0.05) is 24.3 Å². The van der Waals surface area contributed by atoms with Crippen LogP contribution in [-0.2, 0) is 0 Å². The molecule has 3 rings (SSSR count). The van der Waals surface area contributed by atoms with Gasteiger partial charge in [-0.15, -0.1) is 0 Å². The Kier molecular flexibility index (Phi) is 3.63. The molecule has 3 aromatic rings. The van der Waals surface area contributed by atoms with Crippen LogP contribution in [-0.4, -0.2) is 4.98 Å². The van der Waals surface area contributed by atoms with Gasteiger partial charge in [0.05, 0.1) is 5.69 Å². The summed E-state index contributed by atoms with van der Waals surface area (Å²) in [4.78, 5) is 4.26. The first-order chi connectivity index (χ1) is 10.7. The van der Waals surface area contributed by atoms with Gasteiger partial charge in [0.1, 0.15) is 23.4 Å². The third kappa shape index (κ3) is 2.70. The van der Waals surface area contributed by atoms with E-state index in [-0.39, 0.29) is 17.3 Å². The molecule has 0 fully saturated rings. The summed E-state index contributed by atoms with van der Waals surface area (Å²) in [7, 11) is 0. The predicted octanol–water partition coefficient (Wildman–Crippen LogP) is 4.57. The lowest BCUT2D eigenvalue weighted by Gasteiger charge is -2.07. The van der Waals surface area contributed by atoms with Crippen LogP contribution in [0.1, 0.15) is 5.69 Å². The highest BCUT2D eigenvalue weighted by Crippen LogP contribution is 2.26. The Morgan fingerprint density at radius 1 is 0.818 bits per heavy atom. The number of pyridine rings is 1. The van der Waals surface area contributed by atoms with Gasteiger partial charge in [0, 0.05) is 11.1 Å². The van der Waals surface area contributed by atoms with E-state index in [9.17, 15) is 14.0 Å². The van der Waals surface area contributed by atoms with Crippen LogP contribution in [0.3, 0.4) is 0 Å². The molecule has 4 heteroatoms. The monoisotopic (exact) mass is 292 g/mol. The summed E-state index contributed by atoms with van der Waals surface area (Å²) in [5.74, 6) is -0.748. The fourth-order valence-electron chi connectivity index (χ4n) is 2.24. The topological polar surface area (TPSA) is 36.7 Å². The first-order valence-corrected chi connectivity index (χ1v) is 6.60. The van der Waals surface area contributed by atoms with E-state index in [4.69, 9.17) is 0 Å². The molecule has 0 atom stereocenters. The van der Waals surface area contributed by atoms with Crippen molar-refractivity contribution in [2.75, 3.05) is 0 Å². The molecule has 2 nitrogen and oxygen atoms in total. The van der Waals surface area contributed by atoms with Crippen molar-refractivity contribution >= 4 is 0 Å². The minimum Gasteiger partial charge on any atom is -0.236 e. The van der Waals surface area contributed by atoms with Crippen LogP contribution in [0.4, 0.5) is 8.78 Å². The summed E-state index contributed by atoms with van der Waals surface area (Å²) in [6.07, 6.45) is 0. The van der Waals surface area contributed by atoms with Crippen molar-refractivity contribution < 1.29 is 8.78 Å². The number of hydrogen-bond acceptors (Lipinski definition) is 2. The summed E-state index contributed by atoms with van der Waals surface area (Å²) >= 11 is 0. The second-order valence-electron chi connectivity index (χ2n) is 4.73. The summed E-state index contributed by atoms with van der Waals surface area (Å²) in [5.41, 5.74) is 2.38. The Bertz CT molecular complexity index is 882. The third-order valence-corrected chi connectivity index (χ3v) is 3.26. The van der Waals surface area contributed by atoms with Gasteiger partial charge in [-0.05, 0) is 42.0 Å². The van der Waals surface area contributed by atoms with Gasteiger partial charge >= 0.3 is 0 Å². The fourth-order valence-corrected chi connectivity index (χ4v) is 2.24. The zero-order valence-corrected chi connectivity index (χ0v) is 11.4. The molecule has 0 saturated heterocycles. The molecule has 0 bridgehead atoms. The zero-order chi connectivity index (χ0) is 15.5. The quantitative estimate of drug-likeness (QED) is 0.694. The Morgan fingerprint density at radius 2 is 1.45 bits per heavy atom. The molecule has 0 aliphatic heterocycles. The van der Waals surface area contributed by atoms with E-state index in [0.29, 0.717) is 22.4 Å². The molecular weight excluding hydrogens is 282 g/mol. The molecule has 0 spiro atoms. The van der Waals surface area contributed by atoms with Gasteiger partial charge in [0.25, 0.3) is 0 Å². The molecule has 0 radical (unpaired) electrons. The third-order valence-electron chi connectivity index (χ3n) is 3.26. The van der Waals surface area contributed by atoms with E-state index in [1.807, 2.05) is 6.07 Å². The number of halogens is 2. The van der Waals surface area contributed by atoms with Crippen molar-refractivity contribution in [1.29, 1.82) is 5.26 Å². The van der Waals surface area contributed by atoms with Gasteiger partial charge in [0.2, 0.25) is 0 Å². The lowest BCUT2D eigenvalue weighted by molar-refractivity contribution is 0.628. The van der Waals surface area contributed by atoms with Crippen molar-refractivity contribution in [1.82, 2.24) is 4.98 Å². The Labute approximate surface area is 126 Å². The molecule has 1 aromatic heterocycles. The van der Waals surface area contributed by atoms with Gasteiger partial charge in [-0.2, -0.15) is 5.26 Å². The molecule has 0 amide bonds. The molecule has 0 aliphatic carbocycles. The minimum atomic E-state index is -0.379. The molecule has 0 aliphatic rings. The summed E-state index contributed by atoms with van der Waals surface area (Å²) < 4.78 is 26.6. The van der Waals surface area contributed by atoms with Crippen molar-refractivity contribution in [3.63, 3.8) is 0 Å². The van der Waals surface area contributed by atoms with Gasteiger partial charge < -0.3 is 0 Å². The zero-order valence-electron chi connectivity index (χ0n) is 11.4. The second kappa shape index (κ2) is 5.74. The molecule has 0 N–H and O–H groups in total. The number of rotatable bonds is 2.